The number of hydrogen-bond donors (Lipinski definition) is 2. The van der Waals surface area contributed by atoms with Crippen molar-refractivity contribution in [2.75, 3.05) is 13.1 Å². The third kappa shape index (κ3) is 2.28. The summed E-state index contributed by atoms with van der Waals surface area (Å²) in [5.41, 5.74) is -0.389. The van der Waals surface area contributed by atoms with Crippen LogP contribution in [-0.4, -0.2) is 23.8 Å². The van der Waals surface area contributed by atoms with Gasteiger partial charge in [0, 0.05) is 13.1 Å². The molecule has 0 unspecified atom stereocenters. The SMILES string of the molecule is CC.CC1(O)CNC1. The molecule has 2 N–H and O–H groups in total. The summed E-state index contributed by atoms with van der Waals surface area (Å²) in [5, 5.41) is 11.8. The van der Waals surface area contributed by atoms with Gasteiger partial charge in [-0.05, 0) is 6.92 Å². The molecule has 0 saturated carbocycles. The minimum atomic E-state index is -0.389. The molecule has 1 aliphatic rings. The monoisotopic (exact) mass is 117 g/mol. The highest BCUT2D eigenvalue weighted by molar-refractivity contribution is 4.87. The second kappa shape index (κ2) is 3.05. The summed E-state index contributed by atoms with van der Waals surface area (Å²) in [6.45, 7) is 7.34. The summed E-state index contributed by atoms with van der Waals surface area (Å²) in [6.07, 6.45) is 0. The van der Waals surface area contributed by atoms with Crippen LogP contribution in [0.15, 0.2) is 0 Å². The van der Waals surface area contributed by atoms with Gasteiger partial charge in [0.15, 0.2) is 0 Å². The van der Waals surface area contributed by atoms with Crippen LogP contribution in [-0.2, 0) is 0 Å². The summed E-state index contributed by atoms with van der Waals surface area (Å²) >= 11 is 0. The van der Waals surface area contributed by atoms with Gasteiger partial charge in [0.2, 0.25) is 0 Å². The molecule has 0 aliphatic carbocycles. The van der Waals surface area contributed by atoms with Gasteiger partial charge in [0.05, 0.1) is 5.60 Å². The van der Waals surface area contributed by atoms with E-state index in [1.54, 1.807) is 0 Å². The number of nitrogens with one attached hydrogen (secondary N) is 1. The van der Waals surface area contributed by atoms with Gasteiger partial charge in [-0.3, -0.25) is 0 Å². The fourth-order valence-corrected chi connectivity index (χ4v) is 0.487. The summed E-state index contributed by atoms with van der Waals surface area (Å²) in [6, 6.07) is 0. The molecule has 0 aromatic heterocycles. The summed E-state index contributed by atoms with van der Waals surface area (Å²) in [4.78, 5) is 0. The number of aliphatic hydroxyl groups is 1. The molecular formula is C6H15NO. The molecule has 2 nitrogen and oxygen atoms in total. The zero-order valence-electron chi connectivity index (χ0n) is 5.86. The van der Waals surface area contributed by atoms with Gasteiger partial charge >= 0.3 is 0 Å². The molecule has 1 rings (SSSR count). The zero-order chi connectivity index (χ0) is 6.62. The fourth-order valence-electron chi connectivity index (χ4n) is 0.487. The first-order valence-electron chi connectivity index (χ1n) is 3.14. The first-order valence-corrected chi connectivity index (χ1v) is 3.14. The lowest BCUT2D eigenvalue weighted by Crippen LogP contribution is -2.57. The van der Waals surface area contributed by atoms with Crippen molar-refractivity contribution in [3.8, 4) is 0 Å². The number of hydrogen-bond acceptors (Lipinski definition) is 2. The molecule has 0 radical (unpaired) electrons. The van der Waals surface area contributed by atoms with Crippen molar-refractivity contribution in [1.82, 2.24) is 5.32 Å². The van der Waals surface area contributed by atoms with Crippen molar-refractivity contribution in [2.24, 2.45) is 0 Å². The van der Waals surface area contributed by atoms with Crippen LogP contribution in [0.1, 0.15) is 20.8 Å². The largest absolute Gasteiger partial charge is 0.388 e. The van der Waals surface area contributed by atoms with Crippen LogP contribution in [0, 0.1) is 0 Å². The van der Waals surface area contributed by atoms with Gasteiger partial charge in [-0.25, -0.2) is 0 Å². The number of β-amino-alcohol motifs (C(OH)–C–C–N with tert-alkyl or cyclic N) is 1. The van der Waals surface area contributed by atoms with Crippen LogP contribution in [0.2, 0.25) is 0 Å². The molecule has 0 spiro atoms. The highest BCUT2D eigenvalue weighted by atomic mass is 16.3. The van der Waals surface area contributed by atoms with Gasteiger partial charge < -0.3 is 10.4 Å². The van der Waals surface area contributed by atoms with E-state index >= 15 is 0 Å². The van der Waals surface area contributed by atoms with Crippen LogP contribution < -0.4 is 5.32 Å². The second-order valence-corrected chi connectivity index (χ2v) is 2.10. The van der Waals surface area contributed by atoms with E-state index in [0.29, 0.717) is 0 Å². The lowest BCUT2D eigenvalue weighted by Gasteiger charge is -2.33. The molecule has 1 fully saturated rings. The molecule has 1 saturated heterocycles. The molecule has 50 valence electrons. The summed E-state index contributed by atoms with van der Waals surface area (Å²) < 4.78 is 0. The van der Waals surface area contributed by atoms with Crippen molar-refractivity contribution in [1.29, 1.82) is 0 Å². The smallest absolute Gasteiger partial charge is 0.0867 e. The molecule has 0 atom stereocenters. The molecule has 0 aromatic rings. The van der Waals surface area contributed by atoms with E-state index in [2.05, 4.69) is 5.32 Å². The first-order chi connectivity index (χ1) is 3.71. The highest BCUT2D eigenvalue weighted by Crippen LogP contribution is 2.05. The topological polar surface area (TPSA) is 32.3 Å². The Hall–Kier alpha value is -0.0800. The average Bonchev–Trinajstić information content (AvgIpc) is 1.69. The maximum atomic E-state index is 8.85. The van der Waals surface area contributed by atoms with Gasteiger partial charge in [0.1, 0.15) is 0 Å². The molecular weight excluding hydrogens is 102 g/mol. The Kier molecular flexibility index (Phi) is 3.02. The Morgan fingerprint density at radius 2 is 1.62 bits per heavy atom. The standard InChI is InChI=1S/C4H9NO.C2H6/c1-4(6)2-5-3-4;1-2/h5-6H,2-3H2,1H3;1-2H3. The predicted molar refractivity (Wildman–Crippen MR) is 34.8 cm³/mol. The van der Waals surface area contributed by atoms with E-state index in [1.165, 1.54) is 0 Å². The predicted octanol–water partition coefficient (Wildman–Crippen LogP) is 0.367. The zero-order valence-corrected chi connectivity index (χ0v) is 5.86. The number of rotatable bonds is 0. The third-order valence-corrected chi connectivity index (χ3v) is 1.01. The van der Waals surface area contributed by atoms with Crippen molar-refractivity contribution < 1.29 is 5.11 Å². The van der Waals surface area contributed by atoms with E-state index in [9.17, 15) is 0 Å². The normalized spacial score (nSPS) is 22.5. The summed E-state index contributed by atoms with van der Waals surface area (Å²) in [5.74, 6) is 0. The lowest BCUT2D eigenvalue weighted by molar-refractivity contribution is 0.00878. The van der Waals surface area contributed by atoms with Gasteiger partial charge in [0.25, 0.3) is 0 Å². The molecule has 2 heteroatoms. The summed E-state index contributed by atoms with van der Waals surface area (Å²) in [7, 11) is 0. The van der Waals surface area contributed by atoms with Crippen molar-refractivity contribution in [3.05, 3.63) is 0 Å². The molecule has 1 aliphatic heterocycles. The fraction of sp³-hybridized carbons (Fsp3) is 1.00. The third-order valence-electron chi connectivity index (χ3n) is 1.01. The van der Waals surface area contributed by atoms with E-state index in [-0.39, 0.29) is 5.60 Å². The van der Waals surface area contributed by atoms with E-state index < -0.39 is 0 Å². The quantitative estimate of drug-likeness (QED) is 0.480. The van der Waals surface area contributed by atoms with Crippen molar-refractivity contribution in [3.63, 3.8) is 0 Å². The van der Waals surface area contributed by atoms with Gasteiger partial charge in [-0.2, -0.15) is 0 Å². The molecule has 0 amide bonds. The van der Waals surface area contributed by atoms with Crippen molar-refractivity contribution in [2.45, 2.75) is 26.4 Å². The Labute approximate surface area is 50.9 Å². The Bertz CT molecular complexity index is 55.5. The Balaban J connectivity index is 0.000000222. The first kappa shape index (κ1) is 7.92. The van der Waals surface area contributed by atoms with Gasteiger partial charge in [-0.15, -0.1) is 0 Å². The minimum Gasteiger partial charge on any atom is -0.388 e. The molecule has 0 bridgehead atoms. The van der Waals surface area contributed by atoms with Crippen LogP contribution in [0.25, 0.3) is 0 Å². The molecule has 0 aromatic carbocycles. The lowest BCUT2D eigenvalue weighted by atomic mass is 10.0. The molecule has 8 heavy (non-hydrogen) atoms. The maximum Gasteiger partial charge on any atom is 0.0867 e. The second-order valence-electron chi connectivity index (χ2n) is 2.10. The van der Waals surface area contributed by atoms with Crippen LogP contribution in [0.3, 0.4) is 0 Å². The van der Waals surface area contributed by atoms with Crippen LogP contribution in [0.5, 0.6) is 0 Å². The maximum absolute atomic E-state index is 8.85. The Morgan fingerprint density at radius 1 is 1.38 bits per heavy atom. The average molecular weight is 117 g/mol. The van der Waals surface area contributed by atoms with Crippen molar-refractivity contribution >= 4 is 0 Å². The van der Waals surface area contributed by atoms with E-state index in [0.717, 1.165) is 13.1 Å². The van der Waals surface area contributed by atoms with E-state index in [4.69, 9.17) is 5.11 Å². The van der Waals surface area contributed by atoms with E-state index in [1.807, 2.05) is 20.8 Å². The molecule has 1 heterocycles. The van der Waals surface area contributed by atoms with Crippen LogP contribution >= 0.6 is 0 Å². The highest BCUT2D eigenvalue weighted by Gasteiger charge is 2.27. The van der Waals surface area contributed by atoms with Gasteiger partial charge in [-0.1, -0.05) is 13.8 Å². The minimum absolute atomic E-state index is 0.389. The van der Waals surface area contributed by atoms with Crippen LogP contribution in [0.4, 0.5) is 0 Å². The Morgan fingerprint density at radius 3 is 1.62 bits per heavy atom.